The molecule has 2 saturated heterocycles. The minimum absolute atomic E-state index is 0.0972. The van der Waals surface area contributed by atoms with Crippen molar-refractivity contribution in [3.63, 3.8) is 0 Å². The van der Waals surface area contributed by atoms with Gasteiger partial charge in [0.2, 0.25) is 0 Å². The number of aliphatic hydroxyl groups is 1. The number of piperidine rings is 2. The highest BCUT2D eigenvalue weighted by Crippen LogP contribution is 2.41. The summed E-state index contributed by atoms with van der Waals surface area (Å²) in [5.74, 6) is 0.609. The summed E-state index contributed by atoms with van der Waals surface area (Å²) in [6.07, 6.45) is 4.76. The fourth-order valence-electron chi connectivity index (χ4n) is 5.24. The van der Waals surface area contributed by atoms with Crippen molar-refractivity contribution in [3.8, 4) is 0 Å². The van der Waals surface area contributed by atoms with Crippen LogP contribution in [0.2, 0.25) is 0 Å². The van der Waals surface area contributed by atoms with Crippen molar-refractivity contribution < 1.29 is 9.90 Å². The van der Waals surface area contributed by atoms with Crippen LogP contribution in [0.5, 0.6) is 0 Å². The average Bonchev–Trinajstić information content (AvgIpc) is 3.55. The predicted molar refractivity (Wildman–Crippen MR) is 109 cm³/mol. The van der Waals surface area contributed by atoms with Crippen molar-refractivity contribution >= 4 is 16.8 Å². The van der Waals surface area contributed by atoms with Gasteiger partial charge in [-0.05, 0) is 51.3 Å². The van der Waals surface area contributed by atoms with Crippen LogP contribution in [-0.2, 0) is 0 Å². The van der Waals surface area contributed by atoms with Gasteiger partial charge in [-0.2, -0.15) is 0 Å². The Labute approximate surface area is 166 Å². The number of carbonyl (C=O) groups excluding carboxylic acids is 1. The van der Waals surface area contributed by atoms with Crippen LogP contribution in [0.3, 0.4) is 0 Å². The zero-order valence-corrected chi connectivity index (χ0v) is 16.6. The normalized spacial score (nSPS) is 28.8. The number of fused-ring (bicyclic) bond motifs is 1. The molecular weight excluding hydrogens is 350 g/mol. The summed E-state index contributed by atoms with van der Waals surface area (Å²) in [7, 11) is 2.12. The van der Waals surface area contributed by atoms with E-state index in [4.69, 9.17) is 4.98 Å². The van der Waals surface area contributed by atoms with Gasteiger partial charge in [-0.1, -0.05) is 18.2 Å². The first kappa shape index (κ1) is 18.1. The lowest BCUT2D eigenvalue weighted by molar-refractivity contribution is -0.0730. The fraction of sp³-hybridized carbons (Fsp3) is 0.565. The van der Waals surface area contributed by atoms with Gasteiger partial charge in [0.25, 0.3) is 5.91 Å². The number of pyridine rings is 1. The first-order valence-electron chi connectivity index (χ1n) is 10.6. The van der Waals surface area contributed by atoms with Crippen molar-refractivity contribution in [3.05, 3.63) is 41.6 Å². The van der Waals surface area contributed by atoms with Gasteiger partial charge >= 0.3 is 0 Å². The zero-order chi connectivity index (χ0) is 19.3. The number of aliphatic hydroxyl groups excluding tert-OH is 1. The third kappa shape index (κ3) is 3.11. The van der Waals surface area contributed by atoms with Gasteiger partial charge in [0, 0.05) is 48.6 Å². The highest BCUT2D eigenvalue weighted by molar-refractivity contribution is 6.06. The van der Waals surface area contributed by atoms with E-state index in [1.807, 2.05) is 35.2 Å². The van der Waals surface area contributed by atoms with Gasteiger partial charge in [-0.3, -0.25) is 9.78 Å². The van der Waals surface area contributed by atoms with E-state index in [2.05, 4.69) is 11.9 Å². The SMILES string of the molecule is CN1CC[C@H](O)[C@@]2(CCCN(C(=O)c3cc(C4CC4)nc4ccccc34)C2)C1. The summed E-state index contributed by atoms with van der Waals surface area (Å²) in [5, 5.41) is 11.7. The summed E-state index contributed by atoms with van der Waals surface area (Å²) < 4.78 is 0. The summed E-state index contributed by atoms with van der Waals surface area (Å²) >= 11 is 0. The number of hydrogen-bond donors (Lipinski definition) is 1. The lowest BCUT2D eigenvalue weighted by Gasteiger charge is -2.50. The molecule has 3 aliphatic rings. The molecular formula is C23H29N3O2. The Hall–Kier alpha value is -1.98. The van der Waals surface area contributed by atoms with Crippen molar-refractivity contribution in [2.75, 3.05) is 33.2 Å². The molecule has 3 fully saturated rings. The molecule has 1 N–H and O–H groups in total. The van der Waals surface area contributed by atoms with Crippen LogP contribution in [0.1, 0.15) is 54.1 Å². The number of aromatic nitrogens is 1. The molecule has 2 aliphatic heterocycles. The molecule has 1 aromatic carbocycles. The van der Waals surface area contributed by atoms with E-state index >= 15 is 0 Å². The standard InChI is InChI=1S/C23H29N3O2/c1-25-12-9-21(27)23(14-25)10-4-11-26(15-23)22(28)18-13-20(16-7-8-16)24-19-6-3-2-5-17(18)19/h2-3,5-6,13,16,21,27H,4,7-12,14-15H2,1H3/t21-,23-/m0/s1. The van der Waals surface area contributed by atoms with Crippen molar-refractivity contribution in [1.29, 1.82) is 0 Å². The number of amides is 1. The van der Waals surface area contributed by atoms with Gasteiger partial charge in [0.15, 0.2) is 0 Å². The second kappa shape index (κ2) is 6.82. The van der Waals surface area contributed by atoms with Crippen LogP contribution in [-0.4, -0.2) is 65.1 Å². The van der Waals surface area contributed by atoms with Crippen LogP contribution in [0.4, 0.5) is 0 Å². The number of rotatable bonds is 2. The summed E-state index contributed by atoms with van der Waals surface area (Å²) in [6.45, 7) is 3.21. The smallest absolute Gasteiger partial charge is 0.254 e. The highest BCUT2D eigenvalue weighted by atomic mass is 16.3. The number of benzene rings is 1. The van der Waals surface area contributed by atoms with Gasteiger partial charge in [0.05, 0.1) is 17.2 Å². The lowest BCUT2D eigenvalue weighted by atomic mass is 9.71. The molecule has 2 atom stereocenters. The Kier molecular flexibility index (Phi) is 4.40. The molecule has 0 bridgehead atoms. The molecule has 5 nitrogen and oxygen atoms in total. The van der Waals surface area contributed by atoms with E-state index in [0.29, 0.717) is 12.5 Å². The molecule has 2 aromatic rings. The van der Waals surface area contributed by atoms with Crippen molar-refractivity contribution in [1.82, 2.24) is 14.8 Å². The van der Waals surface area contributed by atoms with Crippen LogP contribution in [0, 0.1) is 5.41 Å². The average molecular weight is 380 g/mol. The number of nitrogens with zero attached hydrogens (tertiary/aromatic N) is 3. The Morgan fingerprint density at radius 1 is 1.18 bits per heavy atom. The van der Waals surface area contributed by atoms with Crippen molar-refractivity contribution in [2.24, 2.45) is 5.41 Å². The second-order valence-corrected chi connectivity index (χ2v) is 9.12. The largest absolute Gasteiger partial charge is 0.392 e. The van der Waals surface area contributed by atoms with E-state index in [1.165, 1.54) is 12.8 Å². The minimum Gasteiger partial charge on any atom is -0.392 e. The number of para-hydroxylation sites is 1. The molecule has 3 heterocycles. The molecule has 1 amide bonds. The Morgan fingerprint density at radius 3 is 2.82 bits per heavy atom. The van der Waals surface area contributed by atoms with Gasteiger partial charge < -0.3 is 14.9 Å². The predicted octanol–water partition coefficient (Wildman–Crippen LogP) is 3.03. The molecule has 5 rings (SSSR count). The molecule has 0 unspecified atom stereocenters. The minimum atomic E-state index is -0.324. The molecule has 0 radical (unpaired) electrons. The summed E-state index contributed by atoms with van der Waals surface area (Å²) in [4.78, 5) is 22.7. The third-order valence-electron chi connectivity index (χ3n) is 6.93. The van der Waals surface area contributed by atoms with Crippen LogP contribution >= 0.6 is 0 Å². The number of hydrogen-bond acceptors (Lipinski definition) is 4. The second-order valence-electron chi connectivity index (χ2n) is 9.12. The molecule has 1 spiro atoms. The monoisotopic (exact) mass is 379 g/mol. The van der Waals surface area contributed by atoms with Crippen LogP contribution < -0.4 is 0 Å². The maximum Gasteiger partial charge on any atom is 0.254 e. The van der Waals surface area contributed by atoms with E-state index in [9.17, 15) is 9.90 Å². The topological polar surface area (TPSA) is 56.7 Å². The summed E-state index contributed by atoms with van der Waals surface area (Å²) in [5.41, 5.74) is 2.57. The number of carbonyl (C=O) groups is 1. The maximum atomic E-state index is 13.6. The fourth-order valence-corrected chi connectivity index (χ4v) is 5.24. The summed E-state index contributed by atoms with van der Waals surface area (Å²) in [6, 6.07) is 10.0. The molecule has 1 aromatic heterocycles. The first-order valence-corrected chi connectivity index (χ1v) is 10.6. The Bertz CT molecular complexity index is 910. The Balaban J connectivity index is 1.49. The van der Waals surface area contributed by atoms with E-state index in [-0.39, 0.29) is 17.4 Å². The van der Waals surface area contributed by atoms with E-state index in [0.717, 1.165) is 61.1 Å². The van der Waals surface area contributed by atoms with E-state index in [1.54, 1.807) is 0 Å². The molecule has 1 saturated carbocycles. The van der Waals surface area contributed by atoms with E-state index < -0.39 is 0 Å². The van der Waals surface area contributed by atoms with Crippen LogP contribution in [0.25, 0.3) is 10.9 Å². The molecule has 28 heavy (non-hydrogen) atoms. The number of likely N-dealkylation sites (tertiary alicyclic amines) is 2. The zero-order valence-electron chi connectivity index (χ0n) is 16.6. The molecule has 5 heteroatoms. The molecule has 148 valence electrons. The van der Waals surface area contributed by atoms with Crippen molar-refractivity contribution in [2.45, 2.75) is 44.1 Å². The highest BCUT2D eigenvalue weighted by Gasteiger charge is 2.45. The first-order chi connectivity index (χ1) is 13.6. The van der Waals surface area contributed by atoms with Gasteiger partial charge in [-0.25, -0.2) is 0 Å². The van der Waals surface area contributed by atoms with Gasteiger partial charge in [-0.15, -0.1) is 0 Å². The lowest BCUT2D eigenvalue weighted by Crippen LogP contribution is -2.59. The van der Waals surface area contributed by atoms with Crippen LogP contribution in [0.15, 0.2) is 30.3 Å². The van der Waals surface area contributed by atoms with Gasteiger partial charge in [0.1, 0.15) is 0 Å². The quantitative estimate of drug-likeness (QED) is 0.871. The molecule has 1 aliphatic carbocycles. The Morgan fingerprint density at radius 2 is 2.00 bits per heavy atom. The third-order valence-corrected chi connectivity index (χ3v) is 6.93. The maximum absolute atomic E-state index is 13.6.